The first-order valence-electron chi connectivity index (χ1n) is 7.98. The third kappa shape index (κ3) is 3.79. The number of likely N-dealkylation sites (N-methyl/N-ethyl adjacent to an activating group) is 1. The minimum absolute atomic E-state index is 0.314. The van der Waals surface area contributed by atoms with E-state index in [1.165, 1.54) is 25.7 Å². The SMILES string of the molecule is CCNCCc1nc(C2(OCC)CCCCCC2)no1. The van der Waals surface area contributed by atoms with Crippen molar-refractivity contribution < 1.29 is 9.26 Å². The summed E-state index contributed by atoms with van der Waals surface area (Å²) in [4.78, 5) is 4.60. The highest BCUT2D eigenvalue weighted by Gasteiger charge is 2.38. The van der Waals surface area contributed by atoms with Crippen molar-refractivity contribution in [1.29, 1.82) is 0 Å². The smallest absolute Gasteiger partial charge is 0.228 e. The lowest BCUT2D eigenvalue weighted by Gasteiger charge is -2.29. The van der Waals surface area contributed by atoms with E-state index in [0.29, 0.717) is 12.5 Å². The maximum atomic E-state index is 6.07. The Morgan fingerprint density at radius 3 is 2.60 bits per heavy atom. The van der Waals surface area contributed by atoms with Crippen molar-refractivity contribution in [1.82, 2.24) is 15.5 Å². The van der Waals surface area contributed by atoms with Crippen molar-refractivity contribution in [2.24, 2.45) is 0 Å². The normalized spacial score (nSPS) is 18.9. The third-order valence-corrected chi connectivity index (χ3v) is 3.97. The Morgan fingerprint density at radius 1 is 1.20 bits per heavy atom. The van der Waals surface area contributed by atoms with Gasteiger partial charge in [0.15, 0.2) is 0 Å². The van der Waals surface area contributed by atoms with E-state index in [2.05, 4.69) is 22.4 Å². The topological polar surface area (TPSA) is 60.2 Å². The number of hydrogen-bond donors (Lipinski definition) is 1. The van der Waals surface area contributed by atoms with Crippen LogP contribution in [-0.2, 0) is 16.8 Å². The van der Waals surface area contributed by atoms with Crippen LogP contribution in [0.25, 0.3) is 0 Å². The van der Waals surface area contributed by atoms with Gasteiger partial charge in [0, 0.05) is 19.6 Å². The fraction of sp³-hybridized carbons (Fsp3) is 0.867. The average Bonchev–Trinajstić information content (AvgIpc) is 2.80. The fourth-order valence-corrected chi connectivity index (χ4v) is 2.92. The van der Waals surface area contributed by atoms with Gasteiger partial charge >= 0.3 is 0 Å². The molecule has 1 aromatic heterocycles. The lowest BCUT2D eigenvalue weighted by Crippen LogP contribution is -2.31. The Balaban J connectivity index is 2.08. The average molecular weight is 281 g/mol. The van der Waals surface area contributed by atoms with Gasteiger partial charge in [0.05, 0.1) is 0 Å². The molecule has 0 unspecified atom stereocenters. The van der Waals surface area contributed by atoms with Crippen LogP contribution in [0.3, 0.4) is 0 Å². The van der Waals surface area contributed by atoms with Gasteiger partial charge in [0.1, 0.15) is 5.60 Å². The van der Waals surface area contributed by atoms with Crippen molar-refractivity contribution in [3.8, 4) is 0 Å². The lowest BCUT2D eigenvalue weighted by atomic mass is 9.93. The second-order valence-corrected chi connectivity index (χ2v) is 5.46. The molecule has 5 heteroatoms. The summed E-state index contributed by atoms with van der Waals surface area (Å²) in [5.41, 5.74) is -0.314. The highest BCUT2D eigenvalue weighted by molar-refractivity contribution is 5.03. The van der Waals surface area contributed by atoms with Crippen molar-refractivity contribution in [2.45, 2.75) is 64.4 Å². The quantitative estimate of drug-likeness (QED) is 0.615. The molecule has 0 aliphatic heterocycles. The molecular formula is C15H27N3O2. The zero-order chi connectivity index (χ0) is 14.3. The number of ether oxygens (including phenoxy) is 1. The summed E-state index contributed by atoms with van der Waals surface area (Å²) in [6.07, 6.45) is 7.71. The van der Waals surface area contributed by atoms with Gasteiger partial charge in [-0.05, 0) is 26.3 Å². The van der Waals surface area contributed by atoms with E-state index in [4.69, 9.17) is 9.26 Å². The summed E-state index contributed by atoms with van der Waals surface area (Å²) >= 11 is 0. The standard InChI is InChI=1S/C15H27N3O2/c1-3-16-12-9-13-17-14(18-20-13)15(19-4-2)10-7-5-6-8-11-15/h16H,3-12H2,1-2H3. The summed E-state index contributed by atoms with van der Waals surface area (Å²) in [6, 6.07) is 0. The van der Waals surface area contributed by atoms with Gasteiger partial charge in [-0.3, -0.25) is 0 Å². The molecule has 1 aliphatic carbocycles. The van der Waals surface area contributed by atoms with E-state index >= 15 is 0 Å². The Morgan fingerprint density at radius 2 is 1.95 bits per heavy atom. The van der Waals surface area contributed by atoms with E-state index in [1.54, 1.807) is 0 Å². The van der Waals surface area contributed by atoms with Crippen molar-refractivity contribution in [2.75, 3.05) is 19.7 Å². The summed E-state index contributed by atoms with van der Waals surface area (Å²) in [5, 5.41) is 7.48. The van der Waals surface area contributed by atoms with Crippen LogP contribution in [0, 0.1) is 0 Å². The van der Waals surface area contributed by atoms with Gasteiger partial charge in [-0.25, -0.2) is 0 Å². The predicted molar refractivity (Wildman–Crippen MR) is 77.6 cm³/mol. The van der Waals surface area contributed by atoms with Gasteiger partial charge in [0.2, 0.25) is 11.7 Å². The number of nitrogens with zero attached hydrogens (tertiary/aromatic N) is 2. The van der Waals surface area contributed by atoms with Gasteiger partial charge in [0.25, 0.3) is 0 Å². The van der Waals surface area contributed by atoms with Crippen LogP contribution < -0.4 is 5.32 Å². The molecule has 0 radical (unpaired) electrons. The minimum Gasteiger partial charge on any atom is -0.367 e. The molecule has 20 heavy (non-hydrogen) atoms. The molecule has 114 valence electrons. The van der Waals surface area contributed by atoms with Crippen LogP contribution >= 0.6 is 0 Å². The molecule has 1 N–H and O–H groups in total. The van der Waals surface area contributed by atoms with Gasteiger partial charge in [-0.2, -0.15) is 4.98 Å². The van der Waals surface area contributed by atoms with Crippen molar-refractivity contribution in [3.05, 3.63) is 11.7 Å². The van der Waals surface area contributed by atoms with Crippen LogP contribution in [0.15, 0.2) is 4.52 Å². The molecule has 1 aromatic rings. The first-order valence-corrected chi connectivity index (χ1v) is 7.98. The maximum absolute atomic E-state index is 6.07. The molecule has 1 heterocycles. The molecule has 0 spiro atoms. The second-order valence-electron chi connectivity index (χ2n) is 5.46. The van der Waals surface area contributed by atoms with Crippen LogP contribution in [-0.4, -0.2) is 29.8 Å². The molecule has 1 saturated carbocycles. The van der Waals surface area contributed by atoms with Gasteiger partial charge in [-0.15, -0.1) is 0 Å². The van der Waals surface area contributed by atoms with Gasteiger partial charge < -0.3 is 14.6 Å². The Bertz CT molecular complexity index is 384. The predicted octanol–water partition coefficient (Wildman–Crippen LogP) is 2.81. The summed E-state index contributed by atoms with van der Waals surface area (Å²) < 4.78 is 11.5. The number of nitrogens with one attached hydrogen (secondary N) is 1. The maximum Gasteiger partial charge on any atom is 0.228 e. The number of hydrogen-bond acceptors (Lipinski definition) is 5. The van der Waals surface area contributed by atoms with Crippen molar-refractivity contribution >= 4 is 0 Å². The van der Waals surface area contributed by atoms with Crippen LogP contribution in [0.5, 0.6) is 0 Å². The zero-order valence-corrected chi connectivity index (χ0v) is 12.8. The highest BCUT2D eigenvalue weighted by atomic mass is 16.5. The van der Waals surface area contributed by atoms with Gasteiger partial charge in [-0.1, -0.05) is 37.8 Å². The summed E-state index contributed by atoms with van der Waals surface area (Å²) in [6.45, 7) is 6.67. The van der Waals surface area contributed by atoms with E-state index < -0.39 is 0 Å². The molecule has 2 rings (SSSR count). The number of rotatable bonds is 7. The minimum atomic E-state index is -0.314. The molecular weight excluding hydrogens is 254 g/mol. The second kappa shape index (κ2) is 7.74. The lowest BCUT2D eigenvalue weighted by molar-refractivity contribution is -0.0636. The van der Waals surface area contributed by atoms with E-state index in [9.17, 15) is 0 Å². The van der Waals surface area contributed by atoms with E-state index in [-0.39, 0.29) is 5.60 Å². The van der Waals surface area contributed by atoms with Crippen LogP contribution in [0.1, 0.15) is 64.1 Å². The molecule has 0 aromatic carbocycles. The summed E-state index contributed by atoms with van der Waals surface area (Å²) in [5.74, 6) is 1.47. The van der Waals surface area contributed by atoms with E-state index in [1.807, 2.05) is 6.92 Å². The molecule has 1 fully saturated rings. The largest absolute Gasteiger partial charge is 0.367 e. The molecule has 0 bridgehead atoms. The Labute approximate surface area is 121 Å². The highest BCUT2D eigenvalue weighted by Crippen LogP contribution is 2.37. The van der Waals surface area contributed by atoms with E-state index in [0.717, 1.165) is 38.2 Å². The molecule has 0 saturated heterocycles. The Hall–Kier alpha value is -0.940. The Kier molecular flexibility index (Phi) is 5.98. The summed E-state index contributed by atoms with van der Waals surface area (Å²) in [7, 11) is 0. The molecule has 0 atom stereocenters. The van der Waals surface area contributed by atoms with Crippen LogP contribution in [0.2, 0.25) is 0 Å². The van der Waals surface area contributed by atoms with Crippen LogP contribution in [0.4, 0.5) is 0 Å². The third-order valence-electron chi connectivity index (χ3n) is 3.97. The molecule has 1 aliphatic rings. The first-order chi connectivity index (χ1) is 9.80. The first kappa shape index (κ1) is 15.4. The fourth-order valence-electron chi connectivity index (χ4n) is 2.92. The zero-order valence-electron chi connectivity index (χ0n) is 12.8. The number of aromatic nitrogens is 2. The molecule has 0 amide bonds. The molecule has 5 nitrogen and oxygen atoms in total. The monoisotopic (exact) mass is 281 g/mol. The van der Waals surface area contributed by atoms with Crippen molar-refractivity contribution in [3.63, 3.8) is 0 Å².